The number of fused-ring (bicyclic) bond motifs is 4. The second kappa shape index (κ2) is 10.0. The number of aliphatic hydroxyl groups excluding tert-OH is 2. The van der Waals surface area contributed by atoms with Crippen molar-refractivity contribution in [3.63, 3.8) is 0 Å². The summed E-state index contributed by atoms with van der Waals surface area (Å²) in [7, 11) is 1.13. The van der Waals surface area contributed by atoms with Crippen LogP contribution in [-0.4, -0.2) is 78.8 Å². The van der Waals surface area contributed by atoms with Crippen molar-refractivity contribution in [1.29, 1.82) is 0 Å². The quantitative estimate of drug-likeness (QED) is 0.189. The second-order valence-corrected chi connectivity index (χ2v) is 9.83. The smallest absolute Gasteiger partial charge is 0.260 e. The van der Waals surface area contributed by atoms with Gasteiger partial charge in [-0.15, -0.1) is 0 Å². The maximum absolute atomic E-state index is 13.6. The van der Waals surface area contributed by atoms with Crippen LogP contribution >= 0.6 is 0 Å². The van der Waals surface area contributed by atoms with Crippen LogP contribution in [0.4, 0.5) is 0 Å². The molecule has 1 aromatic heterocycles. The monoisotopic (exact) mass is 578 g/mol. The number of phenolic OH excluding ortho intramolecular Hbond substituents is 1. The normalized spacial score (nSPS) is 17.7. The van der Waals surface area contributed by atoms with Crippen LogP contribution in [0.25, 0.3) is 28.4 Å². The number of pyridine rings is 1. The van der Waals surface area contributed by atoms with E-state index in [9.17, 15) is 39.3 Å². The maximum Gasteiger partial charge on any atom is 0.260 e. The van der Waals surface area contributed by atoms with E-state index in [2.05, 4.69) is 4.98 Å². The largest absolute Gasteiger partial charge is 0.510 e. The maximum atomic E-state index is 13.6. The Labute approximate surface area is 271 Å². The number of benzene rings is 1. The van der Waals surface area contributed by atoms with Gasteiger partial charge in [0, 0.05) is 68.7 Å². The molecule has 1 unspecified atom stereocenters. The Balaban J connectivity index is 0.00000337. The number of aromatic nitrogens is 1. The van der Waals surface area contributed by atoms with Gasteiger partial charge in [0.05, 0.1) is 33.4 Å². The third-order valence-corrected chi connectivity index (χ3v) is 7.85. The van der Waals surface area contributed by atoms with E-state index in [1.165, 1.54) is 0 Å². The number of aromatic amines is 1. The molecule has 1 spiro atoms. The number of hydrogen-bond donors (Lipinski definition) is 4. The van der Waals surface area contributed by atoms with Crippen LogP contribution in [0.5, 0.6) is 11.5 Å². The van der Waals surface area contributed by atoms with Crippen molar-refractivity contribution >= 4 is 79.8 Å². The van der Waals surface area contributed by atoms with Gasteiger partial charge in [0.25, 0.3) is 5.56 Å². The van der Waals surface area contributed by atoms with Gasteiger partial charge >= 0.3 is 0 Å². The average Bonchev–Trinajstić information content (AvgIpc) is 3.40. The summed E-state index contributed by atoms with van der Waals surface area (Å²) >= 11 is 0. The minimum atomic E-state index is -1.93. The number of H-pyrrole nitrogens is 1. The predicted molar refractivity (Wildman–Crippen MR) is 153 cm³/mol. The van der Waals surface area contributed by atoms with E-state index in [1.807, 2.05) is 13.0 Å². The molecular weight excluding hydrogens is 557 g/mol. The molecule has 1 atom stereocenters. The molecule has 201 valence electrons. The average molecular weight is 579 g/mol. The minimum Gasteiger partial charge on any atom is -0.510 e. The second-order valence-electron chi connectivity index (χ2n) is 9.83. The third-order valence-electron chi connectivity index (χ3n) is 7.85. The Morgan fingerprint density at radius 1 is 0.878 bits per heavy atom. The molecule has 10 nitrogen and oxygen atoms in total. The number of aromatic hydroxyl groups is 1. The van der Waals surface area contributed by atoms with Gasteiger partial charge in [0.15, 0.2) is 11.2 Å². The Hall–Kier alpha value is -3.61. The van der Waals surface area contributed by atoms with Gasteiger partial charge in [-0.3, -0.25) is 24.0 Å². The molecule has 0 saturated carbocycles. The van der Waals surface area contributed by atoms with Crippen LogP contribution in [0.3, 0.4) is 0 Å². The first-order chi connectivity index (χ1) is 19.1. The number of phenols is 1. The van der Waals surface area contributed by atoms with Crippen LogP contribution in [0.1, 0.15) is 30.2 Å². The first-order valence-electron chi connectivity index (χ1n) is 12.4. The Kier molecular flexibility index (Phi) is 7.07. The van der Waals surface area contributed by atoms with Crippen LogP contribution < -0.4 is 42.4 Å². The summed E-state index contributed by atoms with van der Waals surface area (Å²) in [4.78, 5) is 68.4. The molecule has 6 rings (SSSR count). The molecule has 41 heavy (non-hydrogen) atoms. The van der Waals surface area contributed by atoms with E-state index in [1.54, 1.807) is 30.4 Å². The number of hydrogen-bond acceptors (Lipinski definition) is 9. The Morgan fingerprint density at radius 3 is 2.17 bits per heavy atom. The molecule has 0 fully saturated rings. The first kappa shape index (κ1) is 28.9. The molecule has 2 aromatic rings. The molecular formula is C30H21KNO9. The fraction of sp³-hybridized carbons (Fsp3) is 0.167. The van der Waals surface area contributed by atoms with Gasteiger partial charge in [-0.2, -0.15) is 0 Å². The molecule has 4 N–H and O–H groups in total. The fourth-order valence-corrected chi connectivity index (χ4v) is 6.13. The predicted octanol–water partition coefficient (Wildman–Crippen LogP) is -0.278. The zero-order valence-electron chi connectivity index (χ0n) is 22.2. The number of methoxy groups -OCH3 is 1. The van der Waals surface area contributed by atoms with Gasteiger partial charge < -0.3 is 25.0 Å². The van der Waals surface area contributed by atoms with Crippen molar-refractivity contribution in [1.82, 2.24) is 4.98 Å². The van der Waals surface area contributed by atoms with Crippen molar-refractivity contribution < 1.29 is 20.1 Å². The van der Waals surface area contributed by atoms with E-state index in [4.69, 9.17) is 4.74 Å². The van der Waals surface area contributed by atoms with E-state index < -0.39 is 76.6 Å². The molecule has 1 radical (unpaired) electrons. The molecule has 0 amide bonds. The molecule has 11 heteroatoms. The summed E-state index contributed by atoms with van der Waals surface area (Å²) in [6.07, 6.45) is 7.15. The van der Waals surface area contributed by atoms with Crippen molar-refractivity contribution in [2.24, 2.45) is 0 Å². The molecule has 0 aliphatic heterocycles. The summed E-state index contributed by atoms with van der Waals surface area (Å²) in [5, 5.41) is 32.0. The summed E-state index contributed by atoms with van der Waals surface area (Å²) in [6, 6.07) is 4.10. The van der Waals surface area contributed by atoms with Crippen LogP contribution in [0.15, 0.2) is 60.4 Å². The molecule has 0 bridgehead atoms. The standard InChI is InChI=1S/C30H21NO9.K/c1-3-4-5-6-14-10-13-9-12-7-8-30(22(12)26(36)17(13)29(39)31-14)27(37)20-21(28(30)38)25(35)19-18(24(20)34)15(32)11-16(40-2)23(19)33;/h3-6,9-11,36-38H,7-8H2,1-2H3,(H,31,39);. The van der Waals surface area contributed by atoms with Crippen LogP contribution in [0.2, 0.25) is 0 Å². The Bertz CT molecular complexity index is 2360. The third kappa shape index (κ3) is 3.73. The minimum absolute atomic E-state index is 0. The number of aliphatic hydroxyl groups is 2. The summed E-state index contributed by atoms with van der Waals surface area (Å²) in [6.45, 7) is 1.84. The van der Waals surface area contributed by atoms with Crippen molar-refractivity contribution in [3.05, 3.63) is 125 Å². The summed E-state index contributed by atoms with van der Waals surface area (Å²) in [5.41, 5.74) is -5.79. The topological polar surface area (TPSA) is 171 Å². The van der Waals surface area contributed by atoms with E-state index in [-0.39, 0.29) is 75.2 Å². The molecule has 4 aliphatic rings. The fourth-order valence-electron chi connectivity index (χ4n) is 6.13. The van der Waals surface area contributed by atoms with Gasteiger partial charge in [0.2, 0.25) is 16.3 Å². The number of aryl methyl sites for hydroxylation is 1. The zero-order valence-corrected chi connectivity index (χ0v) is 25.4. The van der Waals surface area contributed by atoms with Gasteiger partial charge in [-0.1, -0.05) is 24.3 Å². The van der Waals surface area contributed by atoms with Crippen molar-refractivity contribution in [3.8, 4) is 11.5 Å². The summed E-state index contributed by atoms with van der Waals surface area (Å²) in [5.74, 6) is -2.44. The number of rotatable bonds is 3. The Morgan fingerprint density at radius 2 is 1.54 bits per heavy atom. The van der Waals surface area contributed by atoms with Gasteiger partial charge in [-0.25, -0.2) is 0 Å². The first-order valence-corrected chi connectivity index (χ1v) is 12.4. The number of nitrogens with one attached hydrogen (secondary N) is 1. The zero-order chi connectivity index (χ0) is 28.7. The van der Waals surface area contributed by atoms with E-state index in [0.29, 0.717) is 16.6 Å². The van der Waals surface area contributed by atoms with Gasteiger partial charge in [-0.05, 0) is 42.9 Å². The molecule has 1 aromatic carbocycles. The van der Waals surface area contributed by atoms with E-state index >= 15 is 0 Å². The van der Waals surface area contributed by atoms with E-state index in [0.717, 1.165) is 13.2 Å². The number of ether oxygens (including phenoxy) is 1. The number of allylic oxidation sites excluding steroid dienone is 3. The molecule has 1 heterocycles. The SMILES string of the molecule is CC=CC=Cc1cc2cc3c(c(O)c2c(=O)[nH]1)C1(CC3)C(O)=c2c(=O)c3c(=O)cc(OC)c(=O)c=3c(=O)c2=C1O.[K]. The molecule has 4 aliphatic carbocycles. The van der Waals surface area contributed by atoms with Crippen LogP contribution in [0, 0.1) is 10.4 Å². The summed E-state index contributed by atoms with van der Waals surface area (Å²) < 4.78 is 4.89. The van der Waals surface area contributed by atoms with Crippen molar-refractivity contribution in [2.45, 2.75) is 25.2 Å². The van der Waals surface area contributed by atoms with Crippen molar-refractivity contribution in [2.75, 3.05) is 7.11 Å². The molecule has 0 saturated heterocycles. The van der Waals surface area contributed by atoms with Crippen LogP contribution in [-0.2, 0) is 11.8 Å². The van der Waals surface area contributed by atoms with Gasteiger partial charge in [0.1, 0.15) is 22.7 Å².